The number of hydrogen-bond donors (Lipinski definition) is 3. The van der Waals surface area contributed by atoms with Crippen LogP contribution in [0.2, 0.25) is 0 Å². The van der Waals surface area contributed by atoms with Crippen molar-refractivity contribution in [2.75, 3.05) is 14.2 Å². The molecule has 3 N–H and O–H groups in total. The molecule has 2 aromatic rings. The highest BCUT2D eigenvalue weighted by molar-refractivity contribution is 5.74. The first-order chi connectivity index (χ1) is 10.6. The first kappa shape index (κ1) is 14.4. The average Bonchev–Trinajstić information content (AvgIpc) is 3.01. The van der Waals surface area contributed by atoms with Crippen molar-refractivity contribution in [2.24, 2.45) is 0 Å². The van der Waals surface area contributed by atoms with Crippen LogP contribution in [0.3, 0.4) is 0 Å². The first-order valence-corrected chi connectivity index (χ1v) is 6.87. The molecule has 7 heteroatoms. The number of hydrogen-bond acceptors (Lipinski definition) is 5. The van der Waals surface area contributed by atoms with Gasteiger partial charge < -0.3 is 19.6 Å². The lowest BCUT2D eigenvalue weighted by atomic mass is 9.94. The topological polar surface area (TPSA) is 96.5 Å². The smallest absolute Gasteiger partial charge is 0.321 e. The monoisotopic (exact) mass is 303 g/mol. The Labute approximate surface area is 127 Å². The van der Waals surface area contributed by atoms with Gasteiger partial charge in [0.15, 0.2) is 11.5 Å². The standard InChI is InChI=1S/C15H17N3O4/c1-21-11-4-3-8(5-12(11)22-2)13-14-9(16-7-17-14)6-10(18-13)15(19)20/h3-5,7,10,13,18H,6H2,1-2H3,(H,16,17)(H,19,20)/t10-,13+/m0/s1. The van der Waals surface area contributed by atoms with Gasteiger partial charge in [-0.2, -0.15) is 0 Å². The fourth-order valence-corrected chi connectivity index (χ4v) is 2.73. The van der Waals surface area contributed by atoms with Gasteiger partial charge >= 0.3 is 5.97 Å². The molecule has 0 bridgehead atoms. The van der Waals surface area contributed by atoms with Crippen LogP contribution in [-0.2, 0) is 11.2 Å². The zero-order valence-corrected chi connectivity index (χ0v) is 12.3. The van der Waals surface area contributed by atoms with Crippen molar-refractivity contribution in [3.63, 3.8) is 0 Å². The number of nitrogens with zero attached hydrogens (tertiary/aromatic N) is 1. The third kappa shape index (κ3) is 2.39. The summed E-state index contributed by atoms with van der Waals surface area (Å²) in [6.07, 6.45) is 1.97. The van der Waals surface area contributed by atoms with E-state index in [1.165, 1.54) is 0 Å². The van der Waals surface area contributed by atoms with Gasteiger partial charge in [-0.25, -0.2) is 4.98 Å². The average molecular weight is 303 g/mol. The number of aliphatic carboxylic acids is 1. The number of benzene rings is 1. The largest absolute Gasteiger partial charge is 0.493 e. The molecular formula is C15H17N3O4. The molecule has 0 saturated carbocycles. The lowest BCUT2D eigenvalue weighted by Gasteiger charge is -2.28. The summed E-state index contributed by atoms with van der Waals surface area (Å²) in [5.74, 6) is 0.334. The fraction of sp³-hybridized carbons (Fsp3) is 0.333. The van der Waals surface area contributed by atoms with Crippen LogP contribution in [0.5, 0.6) is 11.5 Å². The minimum absolute atomic E-state index is 0.309. The first-order valence-electron chi connectivity index (χ1n) is 6.87. The SMILES string of the molecule is COc1ccc([C@H]2N[C@H](C(=O)O)Cc3[nH]cnc32)cc1OC. The molecule has 0 saturated heterocycles. The van der Waals surface area contributed by atoms with Crippen LogP contribution in [-0.4, -0.2) is 41.3 Å². The quantitative estimate of drug-likeness (QED) is 0.783. The van der Waals surface area contributed by atoms with Gasteiger partial charge in [-0.15, -0.1) is 0 Å². The second-order valence-corrected chi connectivity index (χ2v) is 5.08. The molecule has 3 rings (SSSR count). The summed E-state index contributed by atoms with van der Waals surface area (Å²) in [5, 5.41) is 12.4. The number of H-pyrrole nitrogens is 1. The van der Waals surface area contributed by atoms with Crippen molar-refractivity contribution >= 4 is 5.97 Å². The van der Waals surface area contributed by atoms with E-state index in [2.05, 4.69) is 15.3 Å². The van der Waals surface area contributed by atoms with Crippen LogP contribution in [0, 0.1) is 0 Å². The van der Waals surface area contributed by atoms with E-state index >= 15 is 0 Å². The third-order valence-corrected chi connectivity index (χ3v) is 3.84. The lowest BCUT2D eigenvalue weighted by Crippen LogP contribution is -2.45. The highest BCUT2D eigenvalue weighted by Gasteiger charge is 2.33. The third-order valence-electron chi connectivity index (χ3n) is 3.84. The lowest BCUT2D eigenvalue weighted by molar-refractivity contribution is -0.139. The van der Waals surface area contributed by atoms with E-state index in [0.29, 0.717) is 17.9 Å². The van der Waals surface area contributed by atoms with E-state index in [9.17, 15) is 9.90 Å². The van der Waals surface area contributed by atoms with E-state index in [0.717, 1.165) is 17.0 Å². The predicted molar refractivity (Wildman–Crippen MR) is 78.2 cm³/mol. The van der Waals surface area contributed by atoms with Gasteiger partial charge in [0.2, 0.25) is 0 Å². The van der Waals surface area contributed by atoms with Crippen molar-refractivity contribution in [3.05, 3.63) is 41.5 Å². The number of carboxylic acids is 1. The Morgan fingerprint density at radius 2 is 2.09 bits per heavy atom. The zero-order chi connectivity index (χ0) is 15.7. The normalized spacial score (nSPS) is 20.3. The van der Waals surface area contributed by atoms with Gasteiger partial charge in [-0.1, -0.05) is 6.07 Å². The minimum Gasteiger partial charge on any atom is -0.493 e. The Bertz CT molecular complexity index is 698. The summed E-state index contributed by atoms with van der Waals surface area (Å²) in [7, 11) is 3.14. The maximum atomic E-state index is 11.3. The maximum Gasteiger partial charge on any atom is 0.321 e. The Kier molecular flexibility index (Phi) is 3.72. The molecule has 0 radical (unpaired) electrons. The van der Waals surface area contributed by atoms with Gasteiger partial charge in [-0.3, -0.25) is 10.1 Å². The molecule has 0 spiro atoms. The number of fused-ring (bicyclic) bond motifs is 1. The van der Waals surface area contributed by atoms with Crippen molar-refractivity contribution in [1.29, 1.82) is 0 Å². The summed E-state index contributed by atoms with van der Waals surface area (Å²) < 4.78 is 10.5. The van der Waals surface area contributed by atoms with Crippen LogP contribution in [0.25, 0.3) is 0 Å². The summed E-state index contributed by atoms with van der Waals surface area (Å²) >= 11 is 0. The maximum absolute atomic E-state index is 11.3. The Balaban J connectivity index is 2.02. The number of aromatic nitrogens is 2. The van der Waals surface area contributed by atoms with E-state index in [-0.39, 0.29) is 6.04 Å². The van der Waals surface area contributed by atoms with E-state index in [1.54, 1.807) is 26.6 Å². The number of nitrogens with one attached hydrogen (secondary N) is 2. The van der Waals surface area contributed by atoms with Gasteiger partial charge in [0.1, 0.15) is 6.04 Å². The van der Waals surface area contributed by atoms with Gasteiger partial charge in [0.05, 0.1) is 32.3 Å². The molecule has 1 aliphatic heterocycles. The van der Waals surface area contributed by atoms with Crippen LogP contribution < -0.4 is 14.8 Å². The number of imidazole rings is 1. The molecule has 116 valence electrons. The Morgan fingerprint density at radius 3 is 2.77 bits per heavy atom. The van der Waals surface area contributed by atoms with Gasteiger partial charge in [0, 0.05) is 12.1 Å². The Morgan fingerprint density at radius 1 is 1.32 bits per heavy atom. The van der Waals surface area contributed by atoms with E-state index in [1.807, 2.05) is 12.1 Å². The van der Waals surface area contributed by atoms with E-state index in [4.69, 9.17) is 9.47 Å². The predicted octanol–water partition coefficient (Wildman–Crippen LogP) is 1.12. The molecule has 0 aliphatic carbocycles. The van der Waals surface area contributed by atoms with Crippen molar-refractivity contribution in [3.8, 4) is 11.5 Å². The van der Waals surface area contributed by atoms with Crippen LogP contribution >= 0.6 is 0 Å². The number of methoxy groups -OCH3 is 2. The number of aromatic amines is 1. The number of carbonyl (C=O) groups is 1. The molecular weight excluding hydrogens is 286 g/mol. The number of rotatable bonds is 4. The van der Waals surface area contributed by atoms with Gasteiger partial charge in [-0.05, 0) is 17.7 Å². The molecule has 0 fully saturated rings. The zero-order valence-electron chi connectivity index (χ0n) is 12.3. The molecule has 0 unspecified atom stereocenters. The van der Waals surface area contributed by atoms with Crippen molar-refractivity contribution < 1.29 is 19.4 Å². The Hall–Kier alpha value is -2.54. The molecule has 2 heterocycles. The molecule has 2 atom stereocenters. The van der Waals surface area contributed by atoms with Crippen molar-refractivity contribution in [2.45, 2.75) is 18.5 Å². The summed E-state index contributed by atoms with van der Waals surface area (Å²) in [6, 6.07) is 4.54. The van der Waals surface area contributed by atoms with Crippen molar-refractivity contribution in [1.82, 2.24) is 15.3 Å². The molecule has 22 heavy (non-hydrogen) atoms. The minimum atomic E-state index is -0.884. The van der Waals surface area contributed by atoms with Crippen LogP contribution in [0.15, 0.2) is 24.5 Å². The molecule has 1 aromatic carbocycles. The van der Waals surface area contributed by atoms with Crippen LogP contribution in [0.1, 0.15) is 23.0 Å². The highest BCUT2D eigenvalue weighted by atomic mass is 16.5. The summed E-state index contributed by atoms with van der Waals surface area (Å²) in [4.78, 5) is 18.7. The summed E-state index contributed by atoms with van der Waals surface area (Å²) in [6.45, 7) is 0. The van der Waals surface area contributed by atoms with Gasteiger partial charge in [0.25, 0.3) is 0 Å². The van der Waals surface area contributed by atoms with Crippen LogP contribution in [0.4, 0.5) is 0 Å². The van der Waals surface area contributed by atoms with E-state index < -0.39 is 12.0 Å². The highest BCUT2D eigenvalue weighted by Crippen LogP contribution is 2.34. The fourth-order valence-electron chi connectivity index (χ4n) is 2.73. The molecule has 7 nitrogen and oxygen atoms in total. The molecule has 0 amide bonds. The molecule has 1 aromatic heterocycles. The summed E-state index contributed by atoms with van der Waals surface area (Å²) in [5.41, 5.74) is 2.52. The second-order valence-electron chi connectivity index (χ2n) is 5.08. The number of ether oxygens (including phenoxy) is 2. The second kappa shape index (κ2) is 5.69. The number of carboxylic acid groups (broad SMARTS) is 1. The molecule has 1 aliphatic rings.